The molecule has 5 nitrogen and oxygen atoms in total. The lowest BCUT2D eigenvalue weighted by Gasteiger charge is -2.01. The van der Waals surface area contributed by atoms with Gasteiger partial charge in [-0.3, -0.25) is 10.1 Å². The Morgan fingerprint density at radius 2 is 2.40 bits per heavy atom. The Hall–Kier alpha value is -0.980. The molecule has 3 N–H and O–H groups in total. The number of rotatable bonds is 2. The van der Waals surface area contributed by atoms with E-state index in [1.54, 1.807) is 0 Å². The Labute approximate surface area is 62.6 Å². The van der Waals surface area contributed by atoms with E-state index in [0.29, 0.717) is 0 Å². The van der Waals surface area contributed by atoms with Crippen LogP contribution >= 0.6 is 12.2 Å². The van der Waals surface area contributed by atoms with Gasteiger partial charge in [-0.1, -0.05) is 6.58 Å². The fourth-order valence-corrected chi connectivity index (χ4v) is 0.368. The molecule has 10 heavy (non-hydrogen) atoms. The lowest BCUT2D eigenvalue weighted by molar-refractivity contribution is -0.273. The number of hydrogen-bond donors (Lipinski definition) is 3. The van der Waals surface area contributed by atoms with Crippen LogP contribution in [0.2, 0.25) is 0 Å². The molecule has 0 fully saturated rings. The molecule has 0 rings (SSSR count). The van der Waals surface area contributed by atoms with Crippen LogP contribution in [0.25, 0.3) is 0 Å². The molecule has 0 aromatic rings. The fraction of sp³-hybridized carbons (Fsp3) is 0. The van der Waals surface area contributed by atoms with Gasteiger partial charge in [-0.2, -0.15) is 0 Å². The summed E-state index contributed by atoms with van der Waals surface area (Å²) in [6.07, 6.45) is 1.03. The van der Waals surface area contributed by atoms with Gasteiger partial charge in [0.2, 0.25) is 5.91 Å². The minimum Gasteiger partial charge on any atom is -0.298 e. The third-order valence-corrected chi connectivity index (χ3v) is 0.746. The van der Waals surface area contributed by atoms with Crippen molar-refractivity contribution in [3.63, 3.8) is 0 Å². The van der Waals surface area contributed by atoms with Gasteiger partial charge in [0.15, 0.2) is 5.11 Å². The number of carbonyl (C=O) groups excluding carboxylic acids is 1. The van der Waals surface area contributed by atoms with Crippen molar-refractivity contribution in [1.82, 2.24) is 10.8 Å². The lowest BCUT2D eigenvalue weighted by atomic mass is 10.6. The molecule has 0 atom stereocenters. The van der Waals surface area contributed by atoms with Crippen LogP contribution in [0.1, 0.15) is 0 Å². The molecule has 0 aliphatic heterocycles. The minimum atomic E-state index is -0.477. The van der Waals surface area contributed by atoms with Gasteiger partial charge in [-0.25, -0.2) is 10.7 Å². The normalized spacial score (nSPS) is 8.10. The Morgan fingerprint density at radius 1 is 1.80 bits per heavy atom. The van der Waals surface area contributed by atoms with E-state index in [1.807, 2.05) is 5.48 Å². The first-order chi connectivity index (χ1) is 4.70. The molecule has 0 aromatic heterocycles. The topological polar surface area (TPSA) is 70.6 Å². The van der Waals surface area contributed by atoms with E-state index in [9.17, 15) is 4.79 Å². The van der Waals surface area contributed by atoms with E-state index < -0.39 is 5.91 Å². The van der Waals surface area contributed by atoms with Crippen LogP contribution in [0.5, 0.6) is 0 Å². The smallest absolute Gasteiger partial charge is 0.249 e. The van der Waals surface area contributed by atoms with Crippen LogP contribution < -0.4 is 10.8 Å². The first-order valence-electron chi connectivity index (χ1n) is 2.24. The quantitative estimate of drug-likeness (QED) is 0.222. The van der Waals surface area contributed by atoms with Crippen LogP contribution in [-0.4, -0.2) is 16.3 Å². The number of thiocarbonyl (C=S) groups is 1. The maximum absolute atomic E-state index is 10.4. The van der Waals surface area contributed by atoms with Gasteiger partial charge in [0.25, 0.3) is 0 Å². The summed E-state index contributed by atoms with van der Waals surface area (Å²) >= 11 is 4.42. The average Bonchev–Trinajstić information content (AvgIpc) is 1.88. The van der Waals surface area contributed by atoms with Crippen molar-refractivity contribution in [3.05, 3.63) is 12.7 Å². The van der Waals surface area contributed by atoms with Gasteiger partial charge >= 0.3 is 0 Å². The highest BCUT2D eigenvalue weighted by atomic mass is 32.1. The molecule has 1 amide bonds. The third kappa shape index (κ3) is 3.96. The molecule has 56 valence electrons. The first-order valence-corrected chi connectivity index (χ1v) is 2.65. The SMILES string of the molecule is C=CC(=O)NC(=S)NOO. The van der Waals surface area contributed by atoms with Crippen LogP contribution in [0, 0.1) is 0 Å². The molecule has 0 heterocycles. The molecule has 0 radical (unpaired) electrons. The highest BCUT2D eigenvalue weighted by molar-refractivity contribution is 7.80. The second kappa shape index (κ2) is 4.86. The molecule has 0 unspecified atom stereocenters. The van der Waals surface area contributed by atoms with Gasteiger partial charge in [-0.05, 0) is 18.3 Å². The summed E-state index contributed by atoms with van der Waals surface area (Å²) in [6.45, 7) is 3.17. The summed E-state index contributed by atoms with van der Waals surface area (Å²) in [4.78, 5) is 13.8. The van der Waals surface area contributed by atoms with Gasteiger partial charge < -0.3 is 0 Å². The molecule has 0 aliphatic carbocycles. The zero-order valence-electron chi connectivity index (χ0n) is 4.96. The number of hydrogen-bond acceptors (Lipinski definition) is 4. The average molecular weight is 162 g/mol. The fourth-order valence-electron chi connectivity index (χ4n) is 0.230. The van der Waals surface area contributed by atoms with E-state index in [1.165, 1.54) is 0 Å². The maximum Gasteiger partial charge on any atom is 0.249 e. The Bertz CT molecular complexity index is 159. The van der Waals surface area contributed by atoms with Crippen LogP contribution in [0.3, 0.4) is 0 Å². The lowest BCUT2D eigenvalue weighted by Crippen LogP contribution is -2.37. The predicted octanol–water partition coefficient (Wildman–Crippen LogP) is -0.432. The monoisotopic (exact) mass is 162 g/mol. The van der Waals surface area contributed by atoms with Gasteiger partial charge in [-0.15, -0.1) is 4.99 Å². The van der Waals surface area contributed by atoms with E-state index in [4.69, 9.17) is 5.26 Å². The molecule has 0 aliphatic rings. The number of amides is 1. The van der Waals surface area contributed by atoms with Gasteiger partial charge in [0, 0.05) is 0 Å². The molecule has 0 saturated carbocycles. The molecular formula is C4H6N2O3S. The summed E-state index contributed by atoms with van der Waals surface area (Å²) in [5.41, 5.74) is 1.82. The van der Waals surface area contributed by atoms with E-state index in [-0.39, 0.29) is 5.11 Å². The van der Waals surface area contributed by atoms with Crippen LogP contribution in [0.4, 0.5) is 0 Å². The number of carbonyl (C=O) groups is 1. The molecule has 0 aromatic carbocycles. The third-order valence-electron chi connectivity index (χ3n) is 0.560. The summed E-state index contributed by atoms with van der Waals surface area (Å²) in [5, 5.41) is 9.72. The van der Waals surface area contributed by atoms with Gasteiger partial charge in [0.05, 0.1) is 0 Å². The van der Waals surface area contributed by atoms with E-state index in [2.05, 4.69) is 29.1 Å². The Morgan fingerprint density at radius 3 is 2.80 bits per heavy atom. The van der Waals surface area contributed by atoms with E-state index >= 15 is 0 Å². The van der Waals surface area contributed by atoms with Crippen LogP contribution in [-0.2, 0) is 9.78 Å². The Kier molecular flexibility index (Phi) is 4.38. The first kappa shape index (κ1) is 9.02. The van der Waals surface area contributed by atoms with Crippen molar-refractivity contribution in [3.8, 4) is 0 Å². The second-order valence-corrected chi connectivity index (χ2v) is 1.62. The summed E-state index contributed by atoms with van der Waals surface area (Å²) in [7, 11) is 0. The molecular weight excluding hydrogens is 156 g/mol. The van der Waals surface area contributed by atoms with E-state index in [0.717, 1.165) is 6.08 Å². The summed E-state index contributed by atoms with van der Waals surface area (Å²) in [5.74, 6) is -0.477. The van der Waals surface area contributed by atoms with Crippen molar-refractivity contribution in [2.75, 3.05) is 0 Å². The zero-order chi connectivity index (χ0) is 7.98. The van der Waals surface area contributed by atoms with Crippen LogP contribution in [0.15, 0.2) is 12.7 Å². The molecule has 0 bridgehead atoms. The standard InChI is InChI=1S/C4H6N2O3S/c1-2-3(7)5-4(10)6-9-8/h2,8H,1H2,(H2,5,6,7,10). The van der Waals surface area contributed by atoms with Gasteiger partial charge in [0.1, 0.15) is 0 Å². The second-order valence-electron chi connectivity index (χ2n) is 1.22. The maximum atomic E-state index is 10.4. The largest absolute Gasteiger partial charge is 0.298 e. The van der Waals surface area contributed by atoms with Crippen molar-refractivity contribution in [1.29, 1.82) is 0 Å². The molecule has 0 saturated heterocycles. The number of hydroxylamine groups is 1. The van der Waals surface area contributed by atoms with Crippen molar-refractivity contribution < 1.29 is 15.0 Å². The van der Waals surface area contributed by atoms with Crippen molar-refractivity contribution in [2.45, 2.75) is 0 Å². The zero-order valence-corrected chi connectivity index (χ0v) is 5.77. The Balaban J connectivity index is 3.57. The highest BCUT2D eigenvalue weighted by Gasteiger charge is 1.97. The number of nitrogens with one attached hydrogen (secondary N) is 2. The predicted molar refractivity (Wildman–Crippen MR) is 37.8 cm³/mol. The van der Waals surface area contributed by atoms with Crippen molar-refractivity contribution >= 4 is 23.2 Å². The minimum absolute atomic E-state index is 0.132. The summed E-state index contributed by atoms with van der Waals surface area (Å²) in [6, 6.07) is 0. The van der Waals surface area contributed by atoms with Crippen molar-refractivity contribution in [2.24, 2.45) is 0 Å². The highest BCUT2D eigenvalue weighted by Crippen LogP contribution is 1.68. The molecule has 0 spiro atoms. The molecule has 6 heteroatoms. The summed E-state index contributed by atoms with van der Waals surface area (Å²) < 4.78 is 0.